The smallest absolute Gasteiger partial charge is 0.135 e. The minimum absolute atomic E-state index is 0.137. The van der Waals surface area contributed by atoms with Gasteiger partial charge in [-0.3, -0.25) is 4.79 Å². The fourth-order valence-electron chi connectivity index (χ4n) is 0.971. The molecule has 1 atom stereocenters. The lowest BCUT2D eigenvalue weighted by Gasteiger charge is -2.26. The van der Waals surface area contributed by atoms with Crippen molar-refractivity contribution in [2.45, 2.75) is 52.6 Å². The molecule has 0 aliphatic heterocycles. The normalized spacial score (nSPS) is 16.2. The Labute approximate surface area is 75.0 Å². The Bertz CT molecular complexity index is 148. The van der Waals surface area contributed by atoms with Gasteiger partial charge in [-0.25, -0.2) is 0 Å². The Balaban J connectivity index is 3.97. The van der Waals surface area contributed by atoms with E-state index in [4.69, 9.17) is 0 Å². The maximum atomic E-state index is 11.2. The molecule has 0 saturated heterocycles. The average Bonchev–Trinajstić information content (AvgIpc) is 1.85. The summed E-state index contributed by atoms with van der Waals surface area (Å²) in [5, 5.41) is 9.77. The molecule has 0 radical (unpaired) electrons. The highest BCUT2D eigenvalue weighted by molar-refractivity contribution is 5.79. The van der Waals surface area contributed by atoms with Crippen LogP contribution in [-0.4, -0.2) is 16.5 Å². The fourth-order valence-corrected chi connectivity index (χ4v) is 0.971. The van der Waals surface area contributed by atoms with Crippen molar-refractivity contribution in [3.8, 4) is 0 Å². The summed E-state index contributed by atoms with van der Waals surface area (Å²) in [5.74, 6) is 0.300. The van der Waals surface area contributed by atoms with E-state index in [1.54, 1.807) is 6.92 Å². The van der Waals surface area contributed by atoms with E-state index in [0.717, 1.165) is 6.42 Å². The van der Waals surface area contributed by atoms with Crippen molar-refractivity contribution in [2.75, 3.05) is 0 Å². The highest BCUT2D eigenvalue weighted by Crippen LogP contribution is 2.21. The first-order valence-corrected chi connectivity index (χ1v) is 4.64. The summed E-state index contributed by atoms with van der Waals surface area (Å²) in [6.45, 7) is 7.56. The van der Waals surface area contributed by atoms with Gasteiger partial charge in [-0.05, 0) is 19.3 Å². The number of ketones is 1. The molecule has 12 heavy (non-hydrogen) atoms. The van der Waals surface area contributed by atoms with E-state index in [9.17, 15) is 9.90 Å². The first-order chi connectivity index (χ1) is 5.40. The second-order valence-corrected chi connectivity index (χ2v) is 3.98. The number of hydrogen-bond acceptors (Lipinski definition) is 2. The Kier molecular flexibility index (Phi) is 4.46. The van der Waals surface area contributed by atoms with E-state index in [1.807, 2.05) is 20.8 Å². The summed E-state index contributed by atoms with van der Waals surface area (Å²) in [7, 11) is 0. The molecule has 2 nitrogen and oxygen atoms in total. The molecule has 0 saturated carbocycles. The predicted molar refractivity (Wildman–Crippen MR) is 50.0 cm³/mol. The molecule has 0 unspecified atom stereocenters. The SMILES string of the molecule is CCCC(=O)C[C@](C)(O)C(C)C. The van der Waals surface area contributed by atoms with Gasteiger partial charge in [-0.15, -0.1) is 0 Å². The number of aliphatic hydroxyl groups is 1. The molecule has 0 bridgehead atoms. The van der Waals surface area contributed by atoms with Gasteiger partial charge < -0.3 is 5.11 Å². The molecule has 1 N–H and O–H groups in total. The molecule has 0 aliphatic carbocycles. The zero-order valence-electron chi connectivity index (χ0n) is 8.55. The summed E-state index contributed by atoms with van der Waals surface area (Å²) in [6, 6.07) is 0. The number of Topliss-reactive ketones (excluding diaryl/α,β-unsaturated/α-hetero) is 1. The van der Waals surface area contributed by atoms with Gasteiger partial charge in [-0.1, -0.05) is 20.8 Å². The van der Waals surface area contributed by atoms with E-state index in [2.05, 4.69) is 0 Å². The van der Waals surface area contributed by atoms with Crippen LogP contribution in [0.2, 0.25) is 0 Å². The summed E-state index contributed by atoms with van der Waals surface area (Å²) in [5.41, 5.74) is -0.827. The zero-order chi connectivity index (χ0) is 9.78. The van der Waals surface area contributed by atoms with Crippen molar-refractivity contribution in [3.63, 3.8) is 0 Å². The van der Waals surface area contributed by atoms with Crippen LogP contribution in [0, 0.1) is 5.92 Å². The minimum atomic E-state index is -0.827. The lowest BCUT2D eigenvalue weighted by atomic mass is 9.87. The average molecular weight is 172 g/mol. The quantitative estimate of drug-likeness (QED) is 0.690. The summed E-state index contributed by atoms with van der Waals surface area (Å²) in [6.07, 6.45) is 1.74. The number of carbonyl (C=O) groups is 1. The topological polar surface area (TPSA) is 37.3 Å². The maximum absolute atomic E-state index is 11.2. The van der Waals surface area contributed by atoms with Crippen LogP contribution < -0.4 is 0 Å². The van der Waals surface area contributed by atoms with Gasteiger partial charge in [0.05, 0.1) is 5.60 Å². The fraction of sp³-hybridized carbons (Fsp3) is 0.900. The Morgan fingerprint density at radius 1 is 1.50 bits per heavy atom. The summed E-state index contributed by atoms with van der Waals surface area (Å²) >= 11 is 0. The Morgan fingerprint density at radius 3 is 2.33 bits per heavy atom. The number of hydrogen-bond donors (Lipinski definition) is 1. The van der Waals surface area contributed by atoms with Gasteiger partial charge in [0.1, 0.15) is 5.78 Å². The van der Waals surface area contributed by atoms with Crippen LogP contribution in [0.1, 0.15) is 47.0 Å². The molecular formula is C10H20O2. The third-order valence-electron chi connectivity index (χ3n) is 2.33. The van der Waals surface area contributed by atoms with Gasteiger partial charge >= 0.3 is 0 Å². The van der Waals surface area contributed by atoms with Crippen molar-refractivity contribution < 1.29 is 9.90 Å². The third kappa shape index (κ3) is 3.86. The molecule has 0 amide bonds. The highest BCUT2D eigenvalue weighted by atomic mass is 16.3. The first kappa shape index (κ1) is 11.6. The molecular weight excluding hydrogens is 152 g/mol. The molecule has 2 heteroatoms. The molecule has 0 aromatic rings. The maximum Gasteiger partial charge on any atom is 0.135 e. The van der Waals surface area contributed by atoms with Gasteiger partial charge in [0.2, 0.25) is 0 Å². The second kappa shape index (κ2) is 4.61. The number of carbonyl (C=O) groups excluding carboxylic acids is 1. The third-order valence-corrected chi connectivity index (χ3v) is 2.33. The van der Waals surface area contributed by atoms with Crippen LogP contribution >= 0.6 is 0 Å². The standard InChI is InChI=1S/C10H20O2/c1-5-6-9(11)7-10(4,12)8(2)3/h8,12H,5-7H2,1-4H3/t10-/m0/s1. The molecule has 0 aliphatic rings. The molecule has 0 fully saturated rings. The predicted octanol–water partition coefficient (Wildman–Crippen LogP) is 2.15. The minimum Gasteiger partial charge on any atom is -0.389 e. The molecule has 0 spiro atoms. The van der Waals surface area contributed by atoms with Gasteiger partial charge in [-0.2, -0.15) is 0 Å². The van der Waals surface area contributed by atoms with Crippen LogP contribution in [0.15, 0.2) is 0 Å². The first-order valence-electron chi connectivity index (χ1n) is 4.64. The second-order valence-electron chi connectivity index (χ2n) is 3.98. The van der Waals surface area contributed by atoms with Crippen molar-refractivity contribution >= 4 is 5.78 Å². The highest BCUT2D eigenvalue weighted by Gasteiger charge is 2.27. The zero-order valence-corrected chi connectivity index (χ0v) is 8.55. The van der Waals surface area contributed by atoms with Crippen molar-refractivity contribution in [1.82, 2.24) is 0 Å². The van der Waals surface area contributed by atoms with E-state index in [0.29, 0.717) is 12.8 Å². The van der Waals surface area contributed by atoms with Crippen molar-refractivity contribution in [3.05, 3.63) is 0 Å². The van der Waals surface area contributed by atoms with Crippen molar-refractivity contribution in [2.24, 2.45) is 5.92 Å². The Morgan fingerprint density at radius 2 is 2.00 bits per heavy atom. The number of rotatable bonds is 5. The Hall–Kier alpha value is -0.370. The lowest BCUT2D eigenvalue weighted by molar-refractivity contribution is -0.125. The molecule has 0 rings (SSSR count). The monoisotopic (exact) mass is 172 g/mol. The summed E-state index contributed by atoms with van der Waals surface area (Å²) in [4.78, 5) is 11.2. The van der Waals surface area contributed by atoms with Crippen LogP contribution in [-0.2, 0) is 4.79 Å². The van der Waals surface area contributed by atoms with Crippen molar-refractivity contribution in [1.29, 1.82) is 0 Å². The van der Waals surface area contributed by atoms with E-state index < -0.39 is 5.60 Å². The summed E-state index contributed by atoms with van der Waals surface area (Å²) < 4.78 is 0. The van der Waals surface area contributed by atoms with Crippen LogP contribution in [0.3, 0.4) is 0 Å². The molecule has 0 heterocycles. The van der Waals surface area contributed by atoms with E-state index in [-0.39, 0.29) is 11.7 Å². The lowest BCUT2D eigenvalue weighted by Crippen LogP contribution is -2.33. The largest absolute Gasteiger partial charge is 0.389 e. The van der Waals surface area contributed by atoms with Gasteiger partial charge in [0.25, 0.3) is 0 Å². The van der Waals surface area contributed by atoms with Gasteiger partial charge in [0, 0.05) is 12.8 Å². The van der Waals surface area contributed by atoms with E-state index in [1.165, 1.54) is 0 Å². The van der Waals surface area contributed by atoms with Crippen LogP contribution in [0.25, 0.3) is 0 Å². The van der Waals surface area contributed by atoms with Crippen LogP contribution in [0.5, 0.6) is 0 Å². The molecule has 0 aromatic heterocycles. The molecule has 0 aromatic carbocycles. The van der Waals surface area contributed by atoms with Crippen LogP contribution in [0.4, 0.5) is 0 Å². The molecule has 72 valence electrons. The van der Waals surface area contributed by atoms with Gasteiger partial charge in [0.15, 0.2) is 0 Å². The van der Waals surface area contributed by atoms with E-state index >= 15 is 0 Å².